The number of ether oxygens (including phenoxy) is 2. The molecule has 0 atom stereocenters. The summed E-state index contributed by atoms with van der Waals surface area (Å²) in [4.78, 5) is 4.79. The highest BCUT2D eigenvalue weighted by Crippen LogP contribution is 2.32. The first-order valence-electron chi connectivity index (χ1n) is 9.95. The Hall–Kier alpha value is -2.80. The third kappa shape index (κ3) is 4.51. The zero-order valence-corrected chi connectivity index (χ0v) is 18.8. The highest BCUT2D eigenvalue weighted by Gasteiger charge is 2.32. The van der Waals surface area contributed by atoms with Crippen LogP contribution in [0, 0.1) is 0 Å². The largest absolute Gasteiger partial charge is 0.493 e. The van der Waals surface area contributed by atoms with Gasteiger partial charge in [-0.1, -0.05) is 44.2 Å². The first-order chi connectivity index (χ1) is 14.3. The van der Waals surface area contributed by atoms with Crippen LogP contribution in [0.15, 0.2) is 53.0 Å². The molecule has 0 saturated carbocycles. The van der Waals surface area contributed by atoms with Gasteiger partial charge < -0.3 is 9.47 Å². The number of benzene rings is 2. The number of amidine groups is 1. The van der Waals surface area contributed by atoms with Gasteiger partial charge in [0.15, 0.2) is 11.5 Å². The molecule has 0 spiro atoms. The number of rotatable bonds is 7. The van der Waals surface area contributed by atoms with Gasteiger partial charge in [-0.2, -0.15) is 0 Å². The molecule has 0 aromatic heterocycles. The first kappa shape index (κ1) is 21.9. The molecule has 0 amide bonds. The van der Waals surface area contributed by atoms with Crippen LogP contribution in [0.4, 0.5) is 0 Å². The monoisotopic (exact) mass is 428 g/mol. The number of hydrogen-bond acceptors (Lipinski definition) is 5. The van der Waals surface area contributed by atoms with Crippen LogP contribution in [0.3, 0.4) is 0 Å². The van der Waals surface area contributed by atoms with Crippen molar-refractivity contribution in [3.8, 4) is 11.5 Å². The van der Waals surface area contributed by atoms with Gasteiger partial charge in [0.2, 0.25) is 0 Å². The van der Waals surface area contributed by atoms with E-state index >= 15 is 0 Å². The Morgan fingerprint density at radius 3 is 2.37 bits per heavy atom. The molecular weight excluding hydrogens is 400 g/mol. The summed E-state index contributed by atoms with van der Waals surface area (Å²) in [5.74, 6) is 2.04. The maximum atomic E-state index is 12.7. The van der Waals surface area contributed by atoms with E-state index in [9.17, 15) is 8.42 Å². The Morgan fingerprint density at radius 1 is 1.07 bits per heavy atom. The zero-order valence-electron chi connectivity index (χ0n) is 18.0. The van der Waals surface area contributed by atoms with Crippen molar-refractivity contribution in [1.82, 2.24) is 4.72 Å². The van der Waals surface area contributed by atoms with Crippen molar-refractivity contribution in [1.29, 1.82) is 0 Å². The Bertz CT molecular complexity index is 1080. The Kier molecular flexibility index (Phi) is 6.51. The maximum absolute atomic E-state index is 12.7. The molecule has 1 aliphatic heterocycles. The molecule has 2 aromatic rings. The highest BCUT2D eigenvalue weighted by molar-refractivity contribution is 8.00. The van der Waals surface area contributed by atoms with Gasteiger partial charge in [-0.3, -0.25) is 9.71 Å². The number of aliphatic imine (C=N–C) groups is 1. The first-order valence-corrected chi connectivity index (χ1v) is 11.4. The minimum Gasteiger partial charge on any atom is -0.493 e. The third-order valence-corrected chi connectivity index (χ3v) is 6.52. The second kappa shape index (κ2) is 8.92. The van der Waals surface area contributed by atoms with Gasteiger partial charge in [0.05, 0.1) is 20.3 Å². The molecule has 0 radical (unpaired) electrons. The van der Waals surface area contributed by atoms with Crippen LogP contribution < -0.4 is 14.2 Å². The van der Waals surface area contributed by atoms with Crippen molar-refractivity contribution in [3.05, 3.63) is 64.7 Å². The van der Waals surface area contributed by atoms with E-state index in [1.807, 2.05) is 49.4 Å². The second-order valence-corrected chi connectivity index (χ2v) is 9.04. The maximum Gasteiger partial charge on any atom is 0.264 e. The molecule has 2 aromatic carbocycles. The minimum absolute atomic E-state index is 0.279. The molecule has 0 aliphatic carbocycles. The quantitative estimate of drug-likeness (QED) is 0.705. The van der Waals surface area contributed by atoms with E-state index in [-0.39, 0.29) is 4.91 Å². The van der Waals surface area contributed by atoms with E-state index < -0.39 is 10.0 Å². The van der Waals surface area contributed by atoms with Crippen LogP contribution in [-0.4, -0.2) is 28.0 Å². The van der Waals surface area contributed by atoms with Crippen LogP contribution in [-0.2, 0) is 16.6 Å². The molecule has 1 N–H and O–H groups in total. The summed E-state index contributed by atoms with van der Waals surface area (Å²) in [5.41, 5.74) is 3.34. The standard InChI is InChI=1S/C23H28N2O4S/c1-6-29-20-12-7-17(13-21(20)28-5)14-24-23-16(4)22(30(26,27)25-23)19-10-8-18(9-11-19)15(2)3/h7-13,15H,6,14H2,1-5H3,(H,24,25). The van der Waals surface area contributed by atoms with Crippen molar-refractivity contribution in [2.45, 2.75) is 40.2 Å². The molecule has 30 heavy (non-hydrogen) atoms. The van der Waals surface area contributed by atoms with Gasteiger partial charge in [0.25, 0.3) is 10.0 Å². The van der Waals surface area contributed by atoms with Crippen LogP contribution in [0.2, 0.25) is 0 Å². The minimum atomic E-state index is -3.65. The average molecular weight is 429 g/mol. The summed E-state index contributed by atoms with van der Waals surface area (Å²) in [6.07, 6.45) is 0. The van der Waals surface area contributed by atoms with E-state index in [0.29, 0.717) is 47.5 Å². The molecule has 0 saturated heterocycles. The SMILES string of the molecule is CCOc1ccc(CN=C2NS(=O)(=O)C(c3ccc(C(C)C)cc3)=C2C)cc1OC. The van der Waals surface area contributed by atoms with Gasteiger partial charge in [-0.05, 0) is 48.6 Å². The van der Waals surface area contributed by atoms with Gasteiger partial charge >= 0.3 is 0 Å². The van der Waals surface area contributed by atoms with Gasteiger partial charge in [-0.25, -0.2) is 8.42 Å². The Morgan fingerprint density at radius 2 is 1.77 bits per heavy atom. The Labute approximate surface area is 178 Å². The fourth-order valence-electron chi connectivity index (χ4n) is 3.36. The van der Waals surface area contributed by atoms with Crippen molar-refractivity contribution in [2.24, 2.45) is 4.99 Å². The summed E-state index contributed by atoms with van der Waals surface area (Å²) in [6.45, 7) is 8.76. The normalized spacial score (nSPS) is 16.8. The lowest BCUT2D eigenvalue weighted by molar-refractivity contribution is 0.310. The number of methoxy groups -OCH3 is 1. The van der Waals surface area contributed by atoms with E-state index in [1.54, 1.807) is 14.0 Å². The fourth-order valence-corrected chi connectivity index (χ4v) is 4.88. The molecular formula is C23H28N2O4S. The third-order valence-electron chi connectivity index (χ3n) is 4.98. The molecule has 1 aliphatic rings. The van der Waals surface area contributed by atoms with E-state index in [1.165, 1.54) is 5.56 Å². The average Bonchev–Trinajstić information content (AvgIpc) is 2.95. The number of nitrogens with zero attached hydrogens (tertiary/aromatic N) is 1. The van der Waals surface area contributed by atoms with Crippen LogP contribution in [0.5, 0.6) is 11.5 Å². The van der Waals surface area contributed by atoms with Crippen molar-refractivity contribution in [2.75, 3.05) is 13.7 Å². The number of hydrogen-bond donors (Lipinski definition) is 1. The predicted octanol–water partition coefficient (Wildman–Crippen LogP) is 4.48. The number of nitrogens with one attached hydrogen (secondary N) is 1. The summed E-state index contributed by atoms with van der Waals surface area (Å²) in [6, 6.07) is 13.2. The molecule has 1 heterocycles. The van der Waals surface area contributed by atoms with Gasteiger partial charge in [-0.15, -0.1) is 0 Å². The predicted molar refractivity (Wildman–Crippen MR) is 120 cm³/mol. The molecule has 6 nitrogen and oxygen atoms in total. The fraction of sp³-hybridized carbons (Fsp3) is 0.348. The van der Waals surface area contributed by atoms with E-state index in [4.69, 9.17) is 9.47 Å². The lowest BCUT2D eigenvalue weighted by Crippen LogP contribution is -2.23. The topological polar surface area (TPSA) is 77.0 Å². The van der Waals surface area contributed by atoms with Gasteiger partial charge in [0, 0.05) is 5.57 Å². The van der Waals surface area contributed by atoms with Crippen LogP contribution in [0.25, 0.3) is 4.91 Å². The van der Waals surface area contributed by atoms with E-state index in [0.717, 1.165) is 5.56 Å². The summed E-state index contributed by atoms with van der Waals surface area (Å²) in [7, 11) is -2.06. The molecule has 7 heteroatoms. The van der Waals surface area contributed by atoms with Crippen molar-refractivity contribution in [3.63, 3.8) is 0 Å². The Balaban J connectivity index is 1.89. The number of sulfonamides is 1. The highest BCUT2D eigenvalue weighted by atomic mass is 32.2. The lowest BCUT2D eigenvalue weighted by Gasteiger charge is -2.10. The summed E-state index contributed by atoms with van der Waals surface area (Å²) in [5, 5.41) is 0. The smallest absolute Gasteiger partial charge is 0.264 e. The molecule has 160 valence electrons. The molecule has 0 fully saturated rings. The second-order valence-electron chi connectivity index (χ2n) is 7.42. The van der Waals surface area contributed by atoms with E-state index in [2.05, 4.69) is 23.6 Å². The lowest BCUT2D eigenvalue weighted by atomic mass is 10.0. The van der Waals surface area contributed by atoms with Crippen molar-refractivity contribution < 1.29 is 17.9 Å². The summed E-state index contributed by atoms with van der Waals surface area (Å²) >= 11 is 0. The summed E-state index contributed by atoms with van der Waals surface area (Å²) < 4.78 is 39.0. The van der Waals surface area contributed by atoms with Crippen molar-refractivity contribution >= 4 is 20.8 Å². The molecule has 0 unspecified atom stereocenters. The van der Waals surface area contributed by atoms with Gasteiger partial charge in [0.1, 0.15) is 10.7 Å². The molecule has 0 bridgehead atoms. The van der Waals surface area contributed by atoms with Crippen LogP contribution in [0.1, 0.15) is 50.3 Å². The zero-order chi connectivity index (χ0) is 21.9. The van der Waals surface area contributed by atoms with Crippen LogP contribution >= 0.6 is 0 Å². The molecule has 3 rings (SSSR count).